The number of rotatable bonds is 12. The molecule has 2 fully saturated rings. The van der Waals surface area contributed by atoms with Crippen LogP contribution in [0.2, 0.25) is 0 Å². The first-order chi connectivity index (χ1) is 23.0. The van der Waals surface area contributed by atoms with Crippen molar-refractivity contribution in [1.82, 2.24) is 29.2 Å². The van der Waals surface area contributed by atoms with E-state index in [1.165, 1.54) is 16.4 Å². The average Bonchev–Trinajstić information content (AvgIpc) is 3.39. The Balaban J connectivity index is 1.35. The quantitative estimate of drug-likeness (QED) is 0.222. The van der Waals surface area contributed by atoms with Crippen molar-refractivity contribution in [2.45, 2.75) is 74.3 Å². The second kappa shape index (κ2) is 15.5. The number of likely N-dealkylation sites (tertiary alicyclic amines) is 2. The zero-order valence-electron chi connectivity index (χ0n) is 27.3. The Labute approximate surface area is 286 Å². The minimum atomic E-state index is -4.64. The van der Waals surface area contributed by atoms with Crippen molar-refractivity contribution < 1.29 is 45.4 Å². The molecule has 1 aromatic carbocycles. The third-order valence-corrected chi connectivity index (χ3v) is 11.6. The fourth-order valence-electron chi connectivity index (χ4n) is 6.63. The number of hydrogen-bond donors (Lipinski definition) is 3. The highest BCUT2D eigenvalue weighted by Crippen LogP contribution is 2.40. The van der Waals surface area contributed by atoms with Gasteiger partial charge in [-0.05, 0) is 25.0 Å². The molecule has 0 unspecified atom stereocenters. The fraction of sp³-hybridized carbons (Fsp3) is 0.677. The lowest BCUT2D eigenvalue weighted by atomic mass is 10.0. The maximum absolute atomic E-state index is 14.1. The summed E-state index contributed by atoms with van der Waals surface area (Å²) in [5.74, 6) is -2.90. The Bertz CT molecular complexity index is 1570. The van der Waals surface area contributed by atoms with Crippen molar-refractivity contribution >= 4 is 27.7 Å². The lowest BCUT2D eigenvalue weighted by Crippen LogP contribution is -2.47. The molecule has 1 aromatic heterocycles. The number of β-amino-alcohol motifs (C(OH)–C–C–N with tert-alkyl or cyclic N) is 1. The molecular weight excluding hydrogens is 696 g/mol. The molecular formula is C31H43F5N6O5S2. The molecule has 11 nitrogen and oxygen atoms in total. The summed E-state index contributed by atoms with van der Waals surface area (Å²) in [6, 6.07) is 3.65. The largest absolute Gasteiger partial charge is 0.417 e. The van der Waals surface area contributed by atoms with Gasteiger partial charge in [0.25, 0.3) is 5.92 Å². The first-order valence-corrected chi connectivity index (χ1v) is 19.1. The molecule has 49 heavy (non-hydrogen) atoms. The molecule has 3 aliphatic heterocycles. The molecule has 0 spiro atoms. The first-order valence-electron chi connectivity index (χ1n) is 16.3. The molecule has 5 rings (SSSR count). The van der Waals surface area contributed by atoms with Gasteiger partial charge in [-0.3, -0.25) is 9.48 Å². The number of aromatic nitrogens is 2. The van der Waals surface area contributed by atoms with Crippen molar-refractivity contribution in [3.8, 4) is 11.3 Å². The Hall–Kier alpha value is -2.35. The number of aliphatic hydroxyl groups is 2. The van der Waals surface area contributed by atoms with Crippen LogP contribution in [-0.2, 0) is 40.5 Å². The highest BCUT2D eigenvalue weighted by Gasteiger charge is 2.36. The van der Waals surface area contributed by atoms with Crippen molar-refractivity contribution in [2.24, 2.45) is 0 Å². The second-order valence-electron chi connectivity index (χ2n) is 13.0. The maximum Gasteiger partial charge on any atom is 0.417 e. The molecule has 0 radical (unpaired) electrons. The molecule has 18 heteroatoms. The van der Waals surface area contributed by atoms with Gasteiger partial charge in [0.15, 0.2) is 0 Å². The summed E-state index contributed by atoms with van der Waals surface area (Å²) in [6.45, 7) is 1.93. The number of benzene rings is 1. The van der Waals surface area contributed by atoms with Gasteiger partial charge in [0.1, 0.15) is 6.61 Å². The highest BCUT2D eigenvalue weighted by molar-refractivity contribution is 7.99. The summed E-state index contributed by atoms with van der Waals surface area (Å²) in [6.07, 6.45) is -3.35. The van der Waals surface area contributed by atoms with E-state index in [1.807, 2.05) is 4.90 Å². The van der Waals surface area contributed by atoms with E-state index in [9.17, 15) is 40.3 Å². The second-order valence-corrected chi connectivity index (χ2v) is 16.1. The van der Waals surface area contributed by atoms with Gasteiger partial charge in [0, 0.05) is 105 Å². The summed E-state index contributed by atoms with van der Waals surface area (Å²) in [4.78, 5) is 15.4. The normalized spacial score (nSPS) is 20.7. The number of fused-ring (bicyclic) bond motifs is 1. The molecule has 2 aromatic rings. The van der Waals surface area contributed by atoms with Crippen LogP contribution < -0.4 is 5.32 Å². The number of halogens is 5. The number of hydrogen-bond acceptors (Lipinski definition) is 9. The van der Waals surface area contributed by atoms with Gasteiger partial charge in [-0.15, -0.1) is 11.8 Å². The number of piperidine rings is 2. The Morgan fingerprint density at radius 1 is 1.10 bits per heavy atom. The third kappa shape index (κ3) is 9.92. The lowest BCUT2D eigenvalue weighted by molar-refractivity contribution is -0.139. The van der Waals surface area contributed by atoms with E-state index in [4.69, 9.17) is 10.2 Å². The number of carbonyl (C=O) groups excluding carboxylic acids is 1. The van der Waals surface area contributed by atoms with Crippen LogP contribution in [-0.4, -0.2) is 131 Å². The number of alkyl halides is 5. The van der Waals surface area contributed by atoms with Gasteiger partial charge in [-0.25, -0.2) is 17.2 Å². The van der Waals surface area contributed by atoms with Crippen LogP contribution in [0.1, 0.15) is 42.5 Å². The van der Waals surface area contributed by atoms with Crippen LogP contribution in [0.25, 0.3) is 11.3 Å². The molecule has 1 amide bonds. The molecule has 3 aliphatic rings. The minimum Gasteiger partial charge on any atom is -0.390 e. The lowest BCUT2D eigenvalue weighted by Gasteiger charge is -2.33. The summed E-state index contributed by atoms with van der Waals surface area (Å²) in [5.41, 5.74) is 1.15. The Morgan fingerprint density at radius 3 is 2.43 bits per heavy atom. The summed E-state index contributed by atoms with van der Waals surface area (Å²) in [7, 11) is -3.58. The first kappa shape index (κ1) is 37.9. The third-order valence-electron chi connectivity index (χ3n) is 9.33. The molecule has 0 bridgehead atoms. The van der Waals surface area contributed by atoms with Crippen LogP contribution in [0.5, 0.6) is 0 Å². The van der Waals surface area contributed by atoms with E-state index in [0.29, 0.717) is 68.0 Å². The van der Waals surface area contributed by atoms with Crippen LogP contribution in [0.15, 0.2) is 23.1 Å². The molecule has 3 N–H and O–H groups in total. The van der Waals surface area contributed by atoms with Crippen molar-refractivity contribution in [2.75, 3.05) is 64.4 Å². The number of nitrogens with zero attached hydrogens (tertiary/aromatic N) is 5. The fourth-order valence-corrected chi connectivity index (χ4v) is 8.54. The van der Waals surface area contributed by atoms with E-state index in [2.05, 4.69) is 10.2 Å². The number of amides is 1. The topological polar surface area (TPSA) is 131 Å². The average molecular weight is 739 g/mol. The van der Waals surface area contributed by atoms with Crippen LogP contribution in [0.3, 0.4) is 0 Å². The smallest absolute Gasteiger partial charge is 0.390 e. The predicted molar refractivity (Wildman–Crippen MR) is 174 cm³/mol. The zero-order valence-corrected chi connectivity index (χ0v) is 28.9. The van der Waals surface area contributed by atoms with Gasteiger partial charge in [0.05, 0.1) is 30.2 Å². The molecule has 0 aliphatic carbocycles. The number of nitrogens with one attached hydrogen (secondary N) is 1. The Morgan fingerprint density at radius 2 is 1.80 bits per heavy atom. The maximum atomic E-state index is 14.1. The molecule has 4 heterocycles. The Kier molecular flexibility index (Phi) is 12.0. The van der Waals surface area contributed by atoms with E-state index >= 15 is 0 Å². The summed E-state index contributed by atoms with van der Waals surface area (Å²) < 4.78 is 97.3. The van der Waals surface area contributed by atoms with Crippen molar-refractivity contribution in [1.29, 1.82) is 0 Å². The van der Waals surface area contributed by atoms with Gasteiger partial charge in [0.2, 0.25) is 15.9 Å². The van der Waals surface area contributed by atoms with Gasteiger partial charge in [-0.1, -0.05) is 6.07 Å². The van der Waals surface area contributed by atoms with Crippen LogP contribution in [0, 0.1) is 0 Å². The SMILES string of the molecule is CS(=O)(=O)N1CCc2c(c(-c3ccc(C(F)(F)F)c(SCCN4CCC(F)(F)CC4)c3)nn2C[C@@H](O)CN2CCC(NC(=O)CO)CC2)C1. The number of carbonyl (C=O) groups is 1. The van der Waals surface area contributed by atoms with E-state index in [1.54, 1.807) is 4.68 Å². The van der Waals surface area contributed by atoms with Crippen LogP contribution >= 0.6 is 11.8 Å². The summed E-state index contributed by atoms with van der Waals surface area (Å²) >= 11 is 0.989. The predicted octanol–water partition coefficient (Wildman–Crippen LogP) is 2.64. The monoisotopic (exact) mass is 738 g/mol. The van der Waals surface area contributed by atoms with E-state index in [-0.39, 0.29) is 62.3 Å². The van der Waals surface area contributed by atoms with E-state index < -0.39 is 46.3 Å². The zero-order chi connectivity index (χ0) is 35.6. The number of aliphatic hydroxyl groups excluding tert-OH is 2. The van der Waals surface area contributed by atoms with Crippen molar-refractivity contribution in [3.05, 3.63) is 35.0 Å². The van der Waals surface area contributed by atoms with Gasteiger partial charge >= 0.3 is 6.18 Å². The molecule has 2 saturated heterocycles. The van der Waals surface area contributed by atoms with E-state index in [0.717, 1.165) is 24.1 Å². The standard InChI is InChI=1S/C31H43F5N6O5S2/c1-49(46,47)41-11-6-26-24(19-41)29(38-42(26)18-23(44)17-40-9-4-22(5-10-40)37-28(45)20-43)21-2-3-25(31(34,35)36)27(16-21)48-15-14-39-12-7-30(32,33)8-13-39/h2-3,16,22-23,43-44H,4-15,17-20H2,1H3,(H,37,45)/t23-/m0/s1. The number of sulfonamides is 1. The molecule has 1 atom stereocenters. The molecule has 274 valence electrons. The molecule has 0 saturated carbocycles. The number of thioether (sulfide) groups is 1. The minimum absolute atomic E-state index is 0.0181. The highest BCUT2D eigenvalue weighted by atomic mass is 32.2. The van der Waals surface area contributed by atoms with Gasteiger partial charge < -0.3 is 25.3 Å². The summed E-state index contributed by atoms with van der Waals surface area (Å²) in [5, 5.41) is 27.6. The van der Waals surface area contributed by atoms with Gasteiger partial charge in [-0.2, -0.15) is 22.6 Å². The van der Waals surface area contributed by atoms with Crippen molar-refractivity contribution in [3.63, 3.8) is 0 Å². The van der Waals surface area contributed by atoms with Crippen LogP contribution in [0.4, 0.5) is 22.0 Å².